The third-order valence-corrected chi connectivity index (χ3v) is 3.24. The smallest absolute Gasteiger partial charge is 0.147 e. The number of fused-ring (bicyclic) bond motifs is 1. The second-order valence-corrected chi connectivity index (χ2v) is 4.46. The van der Waals surface area contributed by atoms with Gasteiger partial charge in [-0.2, -0.15) is 0 Å². The molecule has 0 aliphatic rings. The van der Waals surface area contributed by atoms with Crippen LogP contribution in [0.15, 0.2) is 48.7 Å². The Labute approximate surface area is 108 Å². The van der Waals surface area contributed by atoms with Gasteiger partial charge >= 0.3 is 0 Å². The number of hydrogen-bond donors (Lipinski definition) is 0. The lowest BCUT2D eigenvalue weighted by atomic mass is 10.2. The molecule has 0 atom stereocenters. The van der Waals surface area contributed by atoms with E-state index in [1.54, 1.807) is 6.20 Å². The number of nitrogens with zero attached hydrogens (tertiary/aromatic N) is 2. The van der Waals surface area contributed by atoms with Crippen molar-refractivity contribution >= 4 is 28.7 Å². The van der Waals surface area contributed by atoms with Gasteiger partial charge in [0.1, 0.15) is 11.0 Å². The molecule has 0 fully saturated rings. The summed E-state index contributed by atoms with van der Waals surface area (Å²) in [5.74, 6) is 0.760. The Balaban J connectivity index is 2.36. The van der Waals surface area contributed by atoms with Gasteiger partial charge < -0.3 is 0 Å². The van der Waals surface area contributed by atoms with E-state index in [0.29, 0.717) is 10.2 Å². The molecule has 2 nitrogen and oxygen atoms in total. The van der Waals surface area contributed by atoms with E-state index in [1.165, 1.54) is 0 Å². The van der Waals surface area contributed by atoms with E-state index < -0.39 is 0 Å². The Bertz CT molecular complexity index is 689. The van der Waals surface area contributed by atoms with Crippen LogP contribution in [0.1, 0.15) is 0 Å². The maximum Gasteiger partial charge on any atom is 0.147 e. The van der Waals surface area contributed by atoms with Crippen molar-refractivity contribution in [3.8, 4) is 11.4 Å². The Kier molecular flexibility index (Phi) is 2.54. The van der Waals surface area contributed by atoms with Gasteiger partial charge in [-0.3, -0.25) is 4.40 Å². The second kappa shape index (κ2) is 4.06. The SMILES string of the molecule is Clc1ccccc1-c1ncc2cccc(Cl)n12. The molecule has 0 bridgehead atoms. The summed E-state index contributed by atoms with van der Waals surface area (Å²) < 4.78 is 1.88. The van der Waals surface area contributed by atoms with Gasteiger partial charge in [0, 0.05) is 5.56 Å². The van der Waals surface area contributed by atoms with Gasteiger partial charge in [-0.25, -0.2) is 4.98 Å². The maximum atomic E-state index is 6.19. The summed E-state index contributed by atoms with van der Waals surface area (Å²) in [7, 11) is 0. The molecular weight excluding hydrogens is 255 g/mol. The van der Waals surface area contributed by atoms with Gasteiger partial charge in [0.05, 0.1) is 16.7 Å². The lowest BCUT2D eigenvalue weighted by Crippen LogP contribution is -1.91. The molecule has 0 aliphatic heterocycles. The van der Waals surface area contributed by atoms with Crippen molar-refractivity contribution in [2.45, 2.75) is 0 Å². The summed E-state index contributed by atoms with van der Waals surface area (Å²) in [4.78, 5) is 4.38. The lowest BCUT2D eigenvalue weighted by molar-refractivity contribution is 1.16. The summed E-state index contributed by atoms with van der Waals surface area (Å²) in [5, 5.41) is 1.29. The molecule has 3 rings (SSSR count). The fourth-order valence-electron chi connectivity index (χ4n) is 1.84. The first-order chi connectivity index (χ1) is 8.27. The predicted octanol–water partition coefficient (Wildman–Crippen LogP) is 4.31. The van der Waals surface area contributed by atoms with Crippen molar-refractivity contribution in [3.63, 3.8) is 0 Å². The van der Waals surface area contributed by atoms with Crippen LogP contribution in [0.4, 0.5) is 0 Å². The largest absolute Gasteiger partial charge is 0.283 e. The molecule has 0 unspecified atom stereocenters. The average molecular weight is 263 g/mol. The number of pyridine rings is 1. The second-order valence-electron chi connectivity index (χ2n) is 3.67. The van der Waals surface area contributed by atoms with E-state index in [1.807, 2.05) is 46.9 Å². The van der Waals surface area contributed by atoms with Gasteiger partial charge in [-0.05, 0) is 24.3 Å². The number of imidazole rings is 1. The fourth-order valence-corrected chi connectivity index (χ4v) is 2.31. The Morgan fingerprint density at radius 2 is 1.76 bits per heavy atom. The zero-order chi connectivity index (χ0) is 11.8. The van der Waals surface area contributed by atoms with E-state index >= 15 is 0 Å². The molecule has 0 aliphatic carbocycles. The highest BCUT2D eigenvalue weighted by Crippen LogP contribution is 2.29. The van der Waals surface area contributed by atoms with Gasteiger partial charge in [-0.15, -0.1) is 0 Å². The van der Waals surface area contributed by atoms with Crippen molar-refractivity contribution in [1.82, 2.24) is 9.38 Å². The standard InChI is InChI=1S/C13H8Cl2N2/c14-11-6-2-1-5-10(11)13-16-8-9-4-3-7-12(15)17(9)13/h1-8H. The number of hydrogen-bond acceptors (Lipinski definition) is 1. The quantitative estimate of drug-likeness (QED) is 0.598. The van der Waals surface area contributed by atoms with Crippen molar-refractivity contribution in [2.24, 2.45) is 0 Å². The van der Waals surface area contributed by atoms with Crippen LogP contribution in [0.25, 0.3) is 16.9 Å². The first-order valence-electron chi connectivity index (χ1n) is 5.14. The molecule has 0 saturated carbocycles. The number of halogens is 2. The number of rotatable bonds is 1. The molecule has 84 valence electrons. The summed E-state index contributed by atoms with van der Waals surface area (Å²) in [6.45, 7) is 0. The minimum Gasteiger partial charge on any atom is -0.283 e. The maximum absolute atomic E-state index is 6.19. The number of benzene rings is 1. The third-order valence-electron chi connectivity index (χ3n) is 2.62. The zero-order valence-corrected chi connectivity index (χ0v) is 10.3. The van der Waals surface area contributed by atoms with Crippen LogP contribution in [0.5, 0.6) is 0 Å². The van der Waals surface area contributed by atoms with E-state index in [0.717, 1.165) is 16.9 Å². The van der Waals surface area contributed by atoms with Gasteiger partial charge in [0.2, 0.25) is 0 Å². The molecule has 0 N–H and O–H groups in total. The summed E-state index contributed by atoms with van der Waals surface area (Å²) in [5.41, 5.74) is 1.83. The number of aromatic nitrogens is 2. The molecule has 0 radical (unpaired) electrons. The van der Waals surface area contributed by atoms with E-state index in [-0.39, 0.29) is 0 Å². The van der Waals surface area contributed by atoms with E-state index in [4.69, 9.17) is 23.2 Å². The van der Waals surface area contributed by atoms with Crippen molar-refractivity contribution < 1.29 is 0 Å². The highest BCUT2D eigenvalue weighted by atomic mass is 35.5. The topological polar surface area (TPSA) is 17.3 Å². The normalized spacial score (nSPS) is 10.9. The molecule has 1 aromatic carbocycles. The highest BCUT2D eigenvalue weighted by molar-refractivity contribution is 6.33. The minimum atomic E-state index is 0.620. The van der Waals surface area contributed by atoms with Gasteiger partial charge in [-0.1, -0.05) is 41.4 Å². The Morgan fingerprint density at radius 3 is 2.59 bits per heavy atom. The summed E-state index contributed by atoms with van der Waals surface area (Å²) >= 11 is 12.4. The summed E-state index contributed by atoms with van der Waals surface area (Å²) in [6.07, 6.45) is 1.78. The van der Waals surface area contributed by atoms with Crippen molar-refractivity contribution in [2.75, 3.05) is 0 Å². The van der Waals surface area contributed by atoms with Gasteiger partial charge in [0.25, 0.3) is 0 Å². The highest BCUT2D eigenvalue weighted by Gasteiger charge is 2.10. The van der Waals surface area contributed by atoms with Crippen LogP contribution >= 0.6 is 23.2 Å². The molecule has 0 amide bonds. The molecule has 2 heterocycles. The monoisotopic (exact) mass is 262 g/mol. The first-order valence-corrected chi connectivity index (χ1v) is 5.90. The minimum absolute atomic E-state index is 0.620. The fraction of sp³-hybridized carbons (Fsp3) is 0. The Hall–Kier alpha value is -1.51. The van der Waals surface area contributed by atoms with E-state index in [2.05, 4.69) is 4.98 Å². The predicted molar refractivity (Wildman–Crippen MR) is 70.6 cm³/mol. The lowest BCUT2D eigenvalue weighted by Gasteiger charge is -2.05. The van der Waals surface area contributed by atoms with Crippen LogP contribution in [-0.4, -0.2) is 9.38 Å². The Morgan fingerprint density at radius 1 is 0.941 bits per heavy atom. The van der Waals surface area contributed by atoms with Crippen LogP contribution in [0.2, 0.25) is 10.2 Å². The molecule has 2 aromatic heterocycles. The summed E-state index contributed by atoms with van der Waals surface area (Å²) in [6, 6.07) is 13.3. The third kappa shape index (κ3) is 1.70. The van der Waals surface area contributed by atoms with Crippen LogP contribution in [0.3, 0.4) is 0 Å². The van der Waals surface area contributed by atoms with Crippen LogP contribution in [-0.2, 0) is 0 Å². The van der Waals surface area contributed by atoms with Crippen LogP contribution < -0.4 is 0 Å². The van der Waals surface area contributed by atoms with E-state index in [9.17, 15) is 0 Å². The molecule has 17 heavy (non-hydrogen) atoms. The first kappa shape index (κ1) is 10.6. The molecule has 0 saturated heterocycles. The van der Waals surface area contributed by atoms with Crippen molar-refractivity contribution in [3.05, 3.63) is 58.8 Å². The average Bonchev–Trinajstić information content (AvgIpc) is 2.75. The molecule has 4 heteroatoms. The van der Waals surface area contributed by atoms with Crippen LogP contribution in [0, 0.1) is 0 Å². The van der Waals surface area contributed by atoms with Gasteiger partial charge in [0.15, 0.2) is 0 Å². The zero-order valence-electron chi connectivity index (χ0n) is 8.77. The molecule has 3 aromatic rings. The van der Waals surface area contributed by atoms with Crippen molar-refractivity contribution in [1.29, 1.82) is 0 Å². The molecular formula is C13H8Cl2N2. The molecule has 0 spiro atoms.